The molecule has 2 heterocycles. The molecule has 1 aromatic heterocycles. The largest absolute Gasteiger partial charge is 0.337 e. The number of likely N-dealkylation sites (tertiary alicyclic amines) is 1. The molecule has 1 atom stereocenters. The van der Waals surface area contributed by atoms with Crippen LogP contribution in [0.1, 0.15) is 58.9 Å². The highest BCUT2D eigenvalue weighted by Crippen LogP contribution is 2.43. The van der Waals surface area contributed by atoms with E-state index in [2.05, 4.69) is 10.1 Å². The molecule has 0 radical (unpaired) electrons. The van der Waals surface area contributed by atoms with Gasteiger partial charge in [0.05, 0.1) is 18.2 Å². The predicted octanol–water partition coefficient (Wildman–Crippen LogP) is 3.04. The Bertz CT molecular complexity index is 870. The minimum Gasteiger partial charge on any atom is -0.337 e. The van der Waals surface area contributed by atoms with Gasteiger partial charge in [-0.25, -0.2) is 8.78 Å². The molecule has 128 valence electrons. The highest BCUT2D eigenvalue weighted by atomic mass is 19.3. The summed E-state index contributed by atoms with van der Waals surface area (Å²) in [4.78, 5) is 18.0. The van der Waals surface area contributed by atoms with Crippen LogP contribution in [0, 0.1) is 11.3 Å². The normalized spacial score (nSPS) is 22.0. The Hall–Kier alpha value is -2.82. The van der Waals surface area contributed by atoms with Gasteiger partial charge in [-0.1, -0.05) is 11.2 Å². The number of rotatable bonds is 3. The first-order valence-corrected chi connectivity index (χ1v) is 7.99. The number of carbonyl (C=O) groups is 1. The van der Waals surface area contributed by atoms with Crippen LogP contribution in [0.4, 0.5) is 8.78 Å². The Balaban J connectivity index is 1.65. The first-order valence-electron chi connectivity index (χ1n) is 7.99. The number of hydrogen-bond acceptors (Lipinski definition) is 5. The molecule has 1 aliphatic carbocycles. The quantitative estimate of drug-likeness (QED) is 0.854. The number of amides is 1. The standard InChI is InChI=1S/C17H14F2N4O2/c18-17(19)7-13(15-21-14(22-25-15)11-4-5-11)23(9-17)16(24)12-3-1-2-10(6-12)8-20/h1-3,6,11,13H,4-5,7,9H2/t13-/m0/s1. The summed E-state index contributed by atoms with van der Waals surface area (Å²) >= 11 is 0. The van der Waals surface area contributed by atoms with E-state index >= 15 is 0 Å². The lowest BCUT2D eigenvalue weighted by atomic mass is 10.1. The molecule has 0 N–H and O–H groups in total. The number of halogens is 2. The van der Waals surface area contributed by atoms with Crippen LogP contribution >= 0.6 is 0 Å². The third-order valence-corrected chi connectivity index (χ3v) is 4.45. The Morgan fingerprint density at radius 2 is 2.20 bits per heavy atom. The lowest BCUT2D eigenvalue weighted by Gasteiger charge is -2.21. The summed E-state index contributed by atoms with van der Waals surface area (Å²) < 4.78 is 33.2. The summed E-state index contributed by atoms with van der Waals surface area (Å²) in [6.07, 6.45) is 1.37. The molecule has 25 heavy (non-hydrogen) atoms. The van der Waals surface area contributed by atoms with Gasteiger partial charge in [0.1, 0.15) is 6.04 Å². The molecule has 1 saturated carbocycles. The molecule has 2 fully saturated rings. The Morgan fingerprint density at radius 3 is 2.92 bits per heavy atom. The van der Waals surface area contributed by atoms with E-state index in [1.807, 2.05) is 6.07 Å². The fraction of sp³-hybridized carbons (Fsp3) is 0.412. The SMILES string of the molecule is N#Cc1cccc(C(=O)N2CC(F)(F)C[C@H]2c2nc(C3CC3)no2)c1. The fourth-order valence-corrected chi connectivity index (χ4v) is 3.03. The molecule has 0 bridgehead atoms. The molecule has 2 aliphatic rings. The van der Waals surface area contributed by atoms with E-state index in [4.69, 9.17) is 9.78 Å². The lowest BCUT2D eigenvalue weighted by molar-refractivity contribution is 0.0117. The van der Waals surface area contributed by atoms with Gasteiger partial charge < -0.3 is 9.42 Å². The first-order chi connectivity index (χ1) is 12.0. The molecule has 1 aromatic carbocycles. The average molecular weight is 344 g/mol. The minimum absolute atomic E-state index is 0.0452. The van der Waals surface area contributed by atoms with Gasteiger partial charge in [0.2, 0.25) is 5.89 Å². The van der Waals surface area contributed by atoms with Crippen molar-refractivity contribution in [2.24, 2.45) is 0 Å². The third kappa shape index (κ3) is 2.97. The minimum atomic E-state index is -3.03. The van der Waals surface area contributed by atoms with Crippen LogP contribution in [-0.4, -0.2) is 33.4 Å². The smallest absolute Gasteiger partial charge is 0.267 e. The van der Waals surface area contributed by atoms with Crippen molar-refractivity contribution in [2.45, 2.75) is 37.1 Å². The molecule has 8 heteroatoms. The van der Waals surface area contributed by atoms with Crippen molar-refractivity contribution in [1.82, 2.24) is 15.0 Å². The number of benzene rings is 1. The first kappa shape index (κ1) is 15.7. The van der Waals surface area contributed by atoms with E-state index in [0.717, 1.165) is 17.7 Å². The number of aromatic nitrogens is 2. The second-order valence-corrected chi connectivity index (χ2v) is 6.47. The number of alkyl halides is 2. The van der Waals surface area contributed by atoms with Crippen LogP contribution in [0.15, 0.2) is 28.8 Å². The zero-order valence-corrected chi connectivity index (χ0v) is 13.2. The van der Waals surface area contributed by atoms with Gasteiger partial charge in [-0.15, -0.1) is 0 Å². The second-order valence-electron chi connectivity index (χ2n) is 6.47. The topological polar surface area (TPSA) is 83.0 Å². The molecule has 1 amide bonds. The Morgan fingerprint density at radius 1 is 1.40 bits per heavy atom. The summed E-state index contributed by atoms with van der Waals surface area (Å²) in [5.41, 5.74) is 0.478. The van der Waals surface area contributed by atoms with E-state index in [-0.39, 0.29) is 17.4 Å². The van der Waals surface area contributed by atoms with Crippen LogP contribution in [0.25, 0.3) is 0 Å². The molecular formula is C17H14F2N4O2. The van der Waals surface area contributed by atoms with Gasteiger partial charge in [0.15, 0.2) is 5.82 Å². The molecular weight excluding hydrogens is 330 g/mol. The number of nitrogens with zero attached hydrogens (tertiary/aromatic N) is 4. The van der Waals surface area contributed by atoms with Gasteiger partial charge in [0, 0.05) is 17.9 Å². The number of nitriles is 1. The molecule has 1 saturated heterocycles. The predicted molar refractivity (Wildman–Crippen MR) is 80.8 cm³/mol. The summed E-state index contributed by atoms with van der Waals surface area (Å²) in [6, 6.07) is 6.96. The van der Waals surface area contributed by atoms with Crippen LogP contribution in [0.3, 0.4) is 0 Å². The number of carbonyl (C=O) groups excluding carboxylic acids is 1. The highest BCUT2D eigenvalue weighted by Gasteiger charge is 2.50. The van der Waals surface area contributed by atoms with Gasteiger partial charge in [-0.05, 0) is 31.0 Å². The number of hydrogen-bond donors (Lipinski definition) is 0. The molecule has 1 aliphatic heterocycles. The van der Waals surface area contributed by atoms with E-state index in [1.165, 1.54) is 12.1 Å². The molecule has 6 nitrogen and oxygen atoms in total. The fourth-order valence-electron chi connectivity index (χ4n) is 3.03. The maximum absolute atomic E-state index is 14.0. The van der Waals surface area contributed by atoms with Gasteiger partial charge in [0.25, 0.3) is 11.8 Å². The van der Waals surface area contributed by atoms with Crippen molar-refractivity contribution in [2.75, 3.05) is 6.54 Å². The zero-order valence-electron chi connectivity index (χ0n) is 13.2. The third-order valence-electron chi connectivity index (χ3n) is 4.45. The second kappa shape index (κ2) is 5.62. The monoisotopic (exact) mass is 344 g/mol. The van der Waals surface area contributed by atoms with E-state index in [0.29, 0.717) is 11.4 Å². The lowest BCUT2D eigenvalue weighted by Crippen LogP contribution is -2.33. The van der Waals surface area contributed by atoms with Crippen molar-refractivity contribution >= 4 is 5.91 Å². The molecule has 2 aromatic rings. The van der Waals surface area contributed by atoms with Gasteiger partial charge in [-0.3, -0.25) is 4.79 Å². The Kier molecular flexibility index (Phi) is 3.53. The van der Waals surface area contributed by atoms with Crippen LogP contribution < -0.4 is 0 Å². The van der Waals surface area contributed by atoms with Crippen LogP contribution in [0.2, 0.25) is 0 Å². The van der Waals surface area contributed by atoms with E-state index in [9.17, 15) is 13.6 Å². The maximum Gasteiger partial charge on any atom is 0.267 e. The van der Waals surface area contributed by atoms with Crippen LogP contribution in [-0.2, 0) is 0 Å². The molecule has 0 spiro atoms. The average Bonchev–Trinajstić information content (AvgIpc) is 3.24. The highest BCUT2D eigenvalue weighted by molar-refractivity contribution is 5.95. The summed E-state index contributed by atoms with van der Waals surface area (Å²) in [5.74, 6) is -2.81. The van der Waals surface area contributed by atoms with E-state index < -0.39 is 30.8 Å². The van der Waals surface area contributed by atoms with Gasteiger partial charge >= 0.3 is 0 Å². The molecule has 4 rings (SSSR count). The maximum atomic E-state index is 14.0. The van der Waals surface area contributed by atoms with Crippen LogP contribution in [0.5, 0.6) is 0 Å². The van der Waals surface area contributed by atoms with E-state index in [1.54, 1.807) is 12.1 Å². The zero-order chi connectivity index (χ0) is 17.6. The van der Waals surface area contributed by atoms with Crippen molar-refractivity contribution in [1.29, 1.82) is 5.26 Å². The van der Waals surface area contributed by atoms with Crippen molar-refractivity contribution in [3.05, 3.63) is 47.1 Å². The molecule has 0 unspecified atom stereocenters. The summed E-state index contributed by atoms with van der Waals surface area (Å²) in [6.45, 7) is -0.714. The summed E-state index contributed by atoms with van der Waals surface area (Å²) in [5, 5.41) is 12.8. The van der Waals surface area contributed by atoms with Crippen molar-refractivity contribution in [3.63, 3.8) is 0 Å². The van der Waals surface area contributed by atoms with Crippen molar-refractivity contribution < 1.29 is 18.1 Å². The summed E-state index contributed by atoms with van der Waals surface area (Å²) in [7, 11) is 0. The van der Waals surface area contributed by atoms with Crippen molar-refractivity contribution in [3.8, 4) is 6.07 Å². The Labute approximate surface area is 142 Å². The van der Waals surface area contributed by atoms with Gasteiger partial charge in [-0.2, -0.15) is 10.2 Å².